The molecule has 5 heteroatoms. The molecule has 3 aromatic rings. The number of rotatable bonds is 5. The van der Waals surface area contributed by atoms with Crippen molar-refractivity contribution in [3.63, 3.8) is 0 Å². The molecule has 0 radical (unpaired) electrons. The summed E-state index contributed by atoms with van der Waals surface area (Å²) in [5, 5.41) is 12.2. The van der Waals surface area contributed by atoms with E-state index in [9.17, 15) is 0 Å². The molecule has 1 aromatic carbocycles. The monoisotopic (exact) mass is 378 g/mol. The fourth-order valence-electron chi connectivity index (χ4n) is 4.44. The normalized spacial score (nSPS) is 17.2. The van der Waals surface area contributed by atoms with Gasteiger partial charge in [-0.15, -0.1) is 0 Å². The summed E-state index contributed by atoms with van der Waals surface area (Å²) in [6.07, 6.45) is 2.24. The Bertz CT molecular complexity index is 920. The lowest BCUT2D eigenvalue weighted by Crippen LogP contribution is -2.45. The number of piperazine rings is 1. The molecule has 1 aliphatic carbocycles. The zero-order chi connectivity index (χ0) is 18.2. The van der Waals surface area contributed by atoms with Gasteiger partial charge in [0.15, 0.2) is 0 Å². The number of hydrogen-bond acceptors (Lipinski definition) is 4. The maximum Gasteiger partial charge on any atom is 0.0970 e. The molecule has 4 nitrogen and oxygen atoms in total. The number of H-pyrrole nitrogens is 1. The lowest BCUT2D eigenvalue weighted by molar-refractivity contribution is 0.127. The van der Waals surface area contributed by atoms with Crippen molar-refractivity contribution in [3.8, 4) is 22.5 Å². The van der Waals surface area contributed by atoms with E-state index in [1.54, 1.807) is 11.3 Å². The van der Waals surface area contributed by atoms with Crippen LogP contribution in [-0.2, 0) is 13.0 Å². The quantitative estimate of drug-likeness (QED) is 0.564. The highest BCUT2D eigenvalue weighted by atomic mass is 32.1. The molecule has 27 heavy (non-hydrogen) atoms. The van der Waals surface area contributed by atoms with Crippen molar-refractivity contribution >= 4 is 11.3 Å². The third kappa shape index (κ3) is 3.24. The Balaban J connectivity index is 1.33. The number of aromatic nitrogens is 2. The van der Waals surface area contributed by atoms with Gasteiger partial charge in [-0.25, -0.2) is 0 Å². The van der Waals surface area contributed by atoms with Gasteiger partial charge in [-0.3, -0.25) is 10.00 Å². The fourth-order valence-corrected chi connectivity index (χ4v) is 5.08. The van der Waals surface area contributed by atoms with E-state index in [0.29, 0.717) is 0 Å². The van der Waals surface area contributed by atoms with Gasteiger partial charge in [0.25, 0.3) is 0 Å². The molecule has 0 bridgehead atoms. The largest absolute Gasteiger partial charge is 0.301 e. The van der Waals surface area contributed by atoms with Gasteiger partial charge in [0.2, 0.25) is 0 Å². The maximum absolute atomic E-state index is 4.62. The van der Waals surface area contributed by atoms with Crippen LogP contribution in [-0.4, -0.2) is 52.7 Å². The van der Waals surface area contributed by atoms with E-state index in [4.69, 9.17) is 0 Å². The van der Waals surface area contributed by atoms with E-state index >= 15 is 0 Å². The number of aromatic amines is 1. The van der Waals surface area contributed by atoms with Crippen LogP contribution in [0, 0.1) is 0 Å². The zero-order valence-electron chi connectivity index (χ0n) is 15.9. The van der Waals surface area contributed by atoms with Gasteiger partial charge in [0.05, 0.1) is 11.4 Å². The molecule has 1 aliphatic heterocycles. The molecule has 0 unspecified atom stereocenters. The number of thiophene rings is 1. The van der Waals surface area contributed by atoms with Crippen molar-refractivity contribution in [2.45, 2.75) is 26.3 Å². The molecular weight excluding hydrogens is 352 g/mol. The predicted octanol–water partition coefficient (Wildman–Crippen LogP) is 4.24. The molecule has 3 heterocycles. The Morgan fingerprint density at radius 3 is 2.74 bits per heavy atom. The van der Waals surface area contributed by atoms with Gasteiger partial charge in [0.1, 0.15) is 0 Å². The summed E-state index contributed by atoms with van der Waals surface area (Å²) in [4.78, 5) is 5.18. The molecule has 1 N–H and O–H groups in total. The van der Waals surface area contributed by atoms with Crippen molar-refractivity contribution in [3.05, 3.63) is 51.7 Å². The average Bonchev–Trinajstić information content (AvgIpc) is 3.40. The lowest BCUT2D eigenvalue weighted by atomic mass is 10.0. The molecule has 140 valence electrons. The molecule has 5 rings (SSSR count). The van der Waals surface area contributed by atoms with Gasteiger partial charge in [0, 0.05) is 61.2 Å². The fraction of sp³-hybridized carbons (Fsp3) is 0.409. The first-order valence-electron chi connectivity index (χ1n) is 9.98. The smallest absolute Gasteiger partial charge is 0.0970 e. The molecule has 0 saturated carbocycles. The first-order chi connectivity index (χ1) is 13.3. The van der Waals surface area contributed by atoms with Gasteiger partial charge >= 0.3 is 0 Å². The van der Waals surface area contributed by atoms with Crippen molar-refractivity contribution < 1.29 is 0 Å². The summed E-state index contributed by atoms with van der Waals surface area (Å²) in [7, 11) is 0. The second kappa shape index (κ2) is 7.23. The standard InChI is InChI=1S/C22H26N4S/c1-2-6-25-7-9-26(10-8-25)14-16-3-4-17-13-20-21(18-5-11-27-15-18)23-24-22(20)19(17)12-16/h3-5,11-12,15H,2,6-10,13-14H2,1H3,(H,23,24). The zero-order valence-corrected chi connectivity index (χ0v) is 16.7. The first-order valence-corrected chi connectivity index (χ1v) is 10.9. The minimum Gasteiger partial charge on any atom is -0.301 e. The molecule has 0 atom stereocenters. The van der Waals surface area contributed by atoms with Crippen molar-refractivity contribution in [2.24, 2.45) is 0 Å². The van der Waals surface area contributed by atoms with E-state index < -0.39 is 0 Å². The first kappa shape index (κ1) is 17.2. The molecule has 1 saturated heterocycles. The highest BCUT2D eigenvalue weighted by molar-refractivity contribution is 7.08. The average molecular weight is 379 g/mol. The van der Waals surface area contributed by atoms with Crippen LogP contribution in [0.3, 0.4) is 0 Å². The van der Waals surface area contributed by atoms with Crippen molar-refractivity contribution in [1.29, 1.82) is 0 Å². The number of nitrogens with one attached hydrogen (secondary N) is 1. The Labute approximate surface area is 164 Å². The van der Waals surface area contributed by atoms with Crippen LogP contribution in [0.4, 0.5) is 0 Å². The maximum atomic E-state index is 4.62. The second-order valence-electron chi connectivity index (χ2n) is 7.72. The lowest BCUT2D eigenvalue weighted by Gasteiger charge is -2.34. The van der Waals surface area contributed by atoms with Crippen LogP contribution in [0.25, 0.3) is 22.5 Å². The van der Waals surface area contributed by atoms with Crippen LogP contribution in [0.2, 0.25) is 0 Å². The van der Waals surface area contributed by atoms with Crippen LogP contribution >= 0.6 is 11.3 Å². The van der Waals surface area contributed by atoms with Crippen molar-refractivity contribution in [1.82, 2.24) is 20.0 Å². The molecule has 0 spiro atoms. The van der Waals surface area contributed by atoms with E-state index in [1.807, 2.05) is 0 Å². The van der Waals surface area contributed by atoms with E-state index in [2.05, 4.69) is 61.9 Å². The Morgan fingerprint density at radius 1 is 1.11 bits per heavy atom. The number of hydrogen-bond donors (Lipinski definition) is 1. The Morgan fingerprint density at radius 2 is 1.96 bits per heavy atom. The van der Waals surface area contributed by atoms with Gasteiger partial charge < -0.3 is 4.90 Å². The minimum atomic E-state index is 0.988. The number of benzene rings is 1. The number of fused-ring (bicyclic) bond motifs is 3. The Kier molecular flexibility index (Phi) is 4.60. The molecular formula is C22H26N4S. The van der Waals surface area contributed by atoms with Crippen molar-refractivity contribution in [2.75, 3.05) is 32.7 Å². The highest BCUT2D eigenvalue weighted by Crippen LogP contribution is 2.40. The minimum absolute atomic E-state index is 0.988. The SMILES string of the molecule is CCCN1CCN(Cc2ccc3c(c2)-c2[nH]nc(-c4ccsc4)c2C3)CC1. The summed E-state index contributed by atoms with van der Waals surface area (Å²) in [5.41, 5.74) is 9.12. The highest BCUT2D eigenvalue weighted by Gasteiger charge is 2.26. The predicted molar refractivity (Wildman–Crippen MR) is 112 cm³/mol. The summed E-state index contributed by atoms with van der Waals surface area (Å²) < 4.78 is 0. The summed E-state index contributed by atoms with van der Waals surface area (Å²) in [5.74, 6) is 0. The molecule has 1 fully saturated rings. The van der Waals surface area contributed by atoms with Gasteiger partial charge in [-0.1, -0.05) is 19.1 Å². The van der Waals surface area contributed by atoms with Crippen LogP contribution < -0.4 is 0 Å². The van der Waals surface area contributed by atoms with E-state index in [-0.39, 0.29) is 0 Å². The van der Waals surface area contributed by atoms with Gasteiger partial charge in [-0.05, 0) is 41.6 Å². The van der Waals surface area contributed by atoms with E-state index in [1.165, 1.54) is 72.7 Å². The summed E-state index contributed by atoms with van der Waals surface area (Å²) in [6, 6.07) is 9.19. The molecule has 2 aliphatic rings. The van der Waals surface area contributed by atoms with Crippen LogP contribution in [0.5, 0.6) is 0 Å². The van der Waals surface area contributed by atoms with Crippen LogP contribution in [0.1, 0.15) is 30.0 Å². The Hall–Kier alpha value is -1.95. The summed E-state index contributed by atoms with van der Waals surface area (Å²) >= 11 is 1.73. The second-order valence-corrected chi connectivity index (χ2v) is 8.50. The van der Waals surface area contributed by atoms with Gasteiger partial charge in [-0.2, -0.15) is 16.4 Å². The molecule has 2 aromatic heterocycles. The van der Waals surface area contributed by atoms with E-state index in [0.717, 1.165) is 18.7 Å². The third-order valence-electron chi connectivity index (χ3n) is 5.88. The molecule has 0 amide bonds. The summed E-state index contributed by atoms with van der Waals surface area (Å²) in [6.45, 7) is 9.31. The number of nitrogens with zero attached hydrogens (tertiary/aromatic N) is 3. The topological polar surface area (TPSA) is 35.2 Å². The third-order valence-corrected chi connectivity index (χ3v) is 6.57. The van der Waals surface area contributed by atoms with Crippen LogP contribution in [0.15, 0.2) is 35.0 Å².